The van der Waals surface area contributed by atoms with E-state index in [1.807, 2.05) is 6.92 Å². The molecule has 2 saturated heterocycles. The summed E-state index contributed by atoms with van der Waals surface area (Å²) in [5, 5.41) is 0. The maximum atomic E-state index is 12.4. The zero-order valence-corrected chi connectivity index (χ0v) is 13.3. The SMILES string of the molecule is CC(=O)c1ccc(OC(=O)[C@H]2CS[C@@]3(C)CCC(=O)N23)cc1. The van der Waals surface area contributed by atoms with Crippen LogP contribution < -0.4 is 4.74 Å². The first-order valence-electron chi connectivity index (χ1n) is 7.19. The molecule has 5 nitrogen and oxygen atoms in total. The summed E-state index contributed by atoms with van der Waals surface area (Å²) in [5.41, 5.74) is 0.568. The molecule has 1 aromatic carbocycles. The Morgan fingerprint density at radius 1 is 1.32 bits per heavy atom. The van der Waals surface area contributed by atoms with E-state index in [1.54, 1.807) is 40.9 Å². The molecule has 0 N–H and O–H groups in total. The van der Waals surface area contributed by atoms with Crippen molar-refractivity contribution >= 4 is 29.4 Å². The molecule has 6 heteroatoms. The fraction of sp³-hybridized carbons (Fsp3) is 0.438. The highest BCUT2D eigenvalue weighted by Gasteiger charge is 2.53. The van der Waals surface area contributed by atoms with E-state index in [4.69, 9.17) is 4.74 Å². The number of hydrogen-bond donors (Lipinski definition) is 0. The van der Waals surface area contributed by atoms with Gasteiger partial charge in [0.05, 0.1) is 4.87 Å². The number of fused-ring (bicyclic) bond motifs is 1. The lowest BCUT2D eigenvalue weighted by Crippen LogP contribution is -2.47. The van der Waals surface area contributed by atoms with Crippen LogP contribution in [0.4, 0.5) is 0 Å². The Hall–Kier alpha value is -1.82. The number of nitrogens with zero attached hydrogens (tertiary/aromatic N) is 1. The second-order valence-electron chi connectivity index (χ2n) is 5.77. The molecule has 2 atom stereocenters. The summed E-state index contributed by atoms with van der Waals surface area (Å²) in [5.74, 6) is 0.513. The molecule has 0 aromatic heterocycles. The van der Waals surface area contributed by atoms with Crippen molar-refractivity contribution in [3.63, 3.8) is 0 Å². The predicted octanol–water partition coefficient (Wildman–Crippen LogP) is 2.25. The van der Waals surface area contributed by atoms with Crippen LogP contribution in [0.5, 0.6) is 5.75 Å². The minimum Gasteiger partial charge on any atom is -0.425 e. The van der Waals surface area contributed by atoms with Crippen molar-refractivity contribution in [3.05, 3.63) is 29.8 Å². The highest BCUT2D eigenvalue weighted by atomic mass is 32.2. The van der Waals surface area contributed by atoms with Crippen LogP contribution in [-0.2, 0) is 9.59 Å². The number of ketones is 1. The molecule has 2 heterocycles. The van der Waals surface area contributed by atoms with Gasteiger partial charge in [-0.15, -0.1) is 11.8 Å². The van der Waals surface area contributed by atoms with E-state index in [0.717, 1.165) is 6.42 Å². The number of Topliss-reactive ketones (excluding diaryl/α,β-unsaturated/α-hetero) is 1. The molecule has 22 heavy (non-hydrogen) atoms. The van der Waals surface area contributed by atoms with Crippen LogP contribution >= 0.6 is 11.8 Å². The van der Waals surface area contributed by atoms with Gasteiger partial charge in [0.25, 0.3) is 0 Å². The van der Waals surface area contributed by atoms with Crippen LogP contribution in [0.3, 0.4) is 0 Å². The third-order valence-electron chi connectivity index (χ3n) is 4.20. The molecule has 0 aliphatic carbocycles. The lowest BCUT2D eigenvalue weighted by Gasteiger charge is -2.29. The first-order valence-corrected chi connectivity index (χ1v) is 8.18. The number of hydrogen-bond acceptors (Lipinski definition) is 5. The number of carbonyl (C=O) groups excluding carboxylic acids is 3. The molecule has 0 saturated carbocycles. The molecule has 2 aliphatic rings. The Morgan fingerprint density at radius 2 is 2.00 bits per heavy atom. The Morgan fingerprint density at radius 3 is 2.64 bits per heavy atom. The van der Waals surface area contributed by atoms with Gasteiger partial charge in [-0.25, -0.2) is 4.79 Å². The summed E-state index contributed by atoms with van der Waals surface area (Å²) >= 11 is 1.63. The summed E-state index contributed by atoms with van der Waals surface area (Å²) < 4.78 is 5.38. The third kappa shape index (κ3) is 2.52. The first-order chi connectivity index (χ1) is 10.4. The molecule has 116 valence electrons. The maximum Gasteiger partial charge on any atom is 0.335 e. The first kappa shape index (κ1) is 15.1. The third-order valence-corrected chi connectivity index (χ3v) is 5.70. The molecular weight excluding hydrogens is 302 g/mol. The van der Waals surface area contributed by atoms with E-state index in [0.29, 0.717) is 23.5 Å². The molecule has 0 unspecified atom stereocenters. The van der Waals surface area contributed by atoms with Crippen molar-refractivity contribution in [2.45, 2.75) is 37.6 Å². The van der Waals surface area contributed by atoms with Gasteiger partial charge in [-0.3, -0.25) is 9.59 Å². The molecule has 0 bridgehead atoms. The molecular formula is C16H17NO4S. The van der Waals surface area contributed by atoms with Crippen molar-refractivity contribution in [2.24, 2.45) is 0 Å². The fourth-order valence-electron chi connectivity index (χ4n) is 2.94. The monoisotopic (exact) mass is 319 g/mol. The van der Waals surface area contributed by atoms with Crippen molar-refractivity contribution < 1.29 is 19.1 Å². The van der Waals surface area contributed by atoms with Crippen molar-refractivity contribution in [1.29, 1.82) is 0 Å². The van der Waals surface area contributed by atoms with Crippen LogP contribution in [0.15, 0.2) is 24.3 Å². The predicted molar refractivity (Wildman–Crippen MR) is 82.8 cm³/mol. The molecule has 2 aliphatic heterocycles. The van der Waals surface area contributed by atoms with E-state index in [2.05, 4.69) is 0 Å². The van der Waals surface area contributed by atoms with Gasteiger partial charge in [-0.2, -0.15) is 0 Å². The van der Waals surface area contributed by atoms with E-state index < -0.39 is 12.0 Å². The summed E-state index contributed by atoms with van der Waals surface area (Å²) in [6.07, 6.45) is 1.26. The largest absolute Gasteiger partial charge is 0.425 e. The molecule has 2 fully saturated rings. The topological polar surface area (TPSA) is 63.7 Å². The average molecular weight is 319 g/mol. The lowest BCUT2D eigenvalue weighted by atomic mass is 10.1. The van der Waals surface area contributed by atoms with Crippen molar-refractivity contribution in [2.75, 3.05) is 5.75 Å². The zero-order valence-electron chi connectivity index (χ0n) is 12.5. The van der Waals surface area contributed by atoms with Gasteiger partial charge in [0.1, 0.15) is 11.8 Å². The highest BCUT2D eigenvalue weighted by Crippen LogP contribution is 2.47. The van der Waals surface area contributed by atoms with Gasteiger partial charge < -0.3 is 9.64 Å². The summed E-state index contributed by atoms with van der Waals surface area (Å²) in [7, 11) is 0. The second-order valence-corrected chi connectivity index (χ2v) is 7.27. The molecule has 1 aromatic rings. The average Bonchev–Trinajstić information content (AvgIpc) is 2.97. The molecule has 1 amide bonds. The quantitative estimate of drug-likeness (QED) is 0.486. The minimum absolute atomic E-state index is 0.0152. The number of rotatable bonds is 3. The summed E-state index contributed by atoms with van der Waals surface area (Å²) in [4.78, 5) is 37.0. The van der Waals surface area contributed by atoms with Gasteiger partial charge in [0.15, 0.2) is 5.78 Å². The maximum absolute atomic E-state index is 12.4. The van der Waals surface area contributed by atoms with Crippen LogP contribution in [0, 0.1) is 0 Å². The van der Waals surface area contributed by atoms with Gasteiger partial charge >= 0.3 is 5.97 Å². The van der Waals surface area contributed by atoms with Gasteiger partial charge in [0, 0.05) is 17.7 Å². The van der Waals surface area contributed by atoms with Gasteiger partial charge in [-0.05, 0) is 44.5 Å². The van der Waals surface area contributed by atoms with Crippen LogP contribution in [-0.4, -0.2) is 39.2 Å². The van der Waals surface area contributed by atoms with Gasteiger partial charge in [-0.1, -0.05) is 0 Å². The Kier molecular flexibility index (Phi) is 3.72. The summed E-state index contributed by atoms with van der Waals surface area (Å²) in [6.45, 7) is 3.48. The van der Waals surface area contributed by atoms with Crippen LogP contribution in [0.1, 0.15) is 37.0 Å². The molecule has 0 radical (unpaired) electrons. The molecule has 3 rings (SSSR count). The number of benzene rings is 1. The summed E-state index contributed by atoms with van der Waals surface area (Å²) in [6, 6.07) is 5.92. The standard InChI is InChI=1S/C16H17NO4S/c1-10(18)11-3-5-12(6-4-11)21-15(20)13-9-22-16(2)8-7-14(19)17(13)16/h3-6,13H,7-9H2,1-2H3/t13-,16+/m1/s1. The Labute approximate surface area is 133 Å². The number of thioether (sulfide) groups is 1. The minimum atomic E-state index is -0.530. The Bertz CT molecular complexity index is 642. The second kappa shape index (κ2) is 5.43. The van der Waals surface area contributed by atoms with Crippen LogP contribution in [0.25, 0.3) is 0 Å². The fourth-order valence-corrected chi connectivity index (χ4v) is 4.35. The zero-order chi connectivity index (χ0) is 15.9. The normalized spacial score (nSPS) is 26.9. The van der Waals surface area contributed by atoms with E-state index in [1.165, 1.54) is 6.92 Å². The Balaban J connectivity index is 1.72. The van der Waals surface area contributed by atoms with E-state index >= 15 is 0 Å². The smallest absolute Gasteiger partial charge is 0.335 e. The van der Waals surface area contributed by atoms with Crippen LogP contribution in [0.2, 0.25) is 0 Å². The number of ether oxygens (including phenoxy) is 1. The van der Waals surface area contributed by atoms with Gasteiger partial charge in [0.2, 0.25) is 5.91 Å². The lowest BCUT2D eigenvalue weighted by molar-refractivity contribution is -0.146. The molecule has 0 spiro atoms. The van der Waals surface area contributed by atoms with Crippen molar-refractivity contribution in [1.82, 2.24) is 4.90 Å². The number of carbonyl (C=O) groups is 3. The number of esters is 1. The highest BCUT2D eigenvalue weighted by molar-refractivity contribution is 8.01. The van der Waals surface area contributed by atoms with E-state index in [9.17, 15) is 14.4 Å². The number of amides is 1. The van der Waals surface area contributed by atoms with Crippen molar-refractivity contribution in [3.8, 4) is 5.75 Å². The van der Waals surface area contributed by atoms with E-state index in [-0.39, 0.29) is 16.6 Å².